The molecule has 3 rings (SSSR count). The monoisotopic (exact) mass is 343 g/mol. The molecule has 1 aromatic carbocycles. The average molecular weight is 343 g/mol. The summed E-state index contributed by atoms with van der Waals surface area (Å²) in [5.41, 5.74) is 1.82. The van der Waals surface area contributed by atoms with E-state index in [-0.39, 0.29) is 18.0 Å². The third-order valence-electron chi connectivity index (χ3n) is 4.40. The van der Waals surface area contributed by atoms with Crippen LogP contribution in [0.2, 0.25) is 0 Å². The first-order chi connectivity index (χ1) is 12.0. The maximum absolute atomic E-state index is 11.9. The molecule has 0 bridgehead atoms. The maximum atomic E-state index is 11.9. The van der Waals surface area contributed by atoms with E-state index < -0.39 is 6.10 Å². The number of aromatic nitrogens is 3. The zero-order valence-electron chi connectivity index (χ0n) is 15.1. The zero-order valence-corrected chi connectivity index (χ0v) is 15.1. The van der Waals surface area contributed by atoms with Gasteiger partial charge in [-0.2, -0.15) is 5.10 Å². The number of rotatable bonds is 6. The van der Waals surface area contributed by atoms with Gasteiger partial charge in [0.2, 0.25) is 0 Å². The highest BCUT2D eigenvalue weighted by Gasteiger charge is 2.26. The van der Waals surface area contributed by atoms with Crippen LogP contribution in [-0.2, 0) is 11.3 Å². The second-order valence-corrected chi connectivity index (χ2v) is 6.58. The summed E-state index contributed by atoms with van der Waals surface area (Å²) in [4.78, 5) is 16.2. The molecule has 2 N–H and O–H groups in total. The van der Waals surface area contributed by atoms with E-state index in [0.29, 0.717) is 13.0 Å². The number of anilines is 1. The Labute approximate surface area is 147 Å². The van der Waals surface area contributed by atoms with E-state index >= 15 is 0 Å². The molecule has 0 spiro atoms. The molecule has 0 saturated carbocycles. The lowest BCUT2D eigenvalue weighted by molar-refractivity contribution is -0.123. The summed E-state index contributed by atoms with van der Waals surface area (Å²) >= 11 is 0. The minimum Gasteiger partial charge on any atom is -0.478 e. The number of hydrogen-bond donors (Lipinski definition) is 2. The number of benzene rings is 1. The van der Waals surface area contributed by atoms with Crippen molar-refractivity contribution in [1.82, 2.24) is 20.1 Å². The Bertz CT molecular complexity index is 756. The summed E-state index contributed by atoms with van der Waals surface area (Å²) in [6.07, 6.45) is 1.81. The van der Waals surface area contributed by atoms with Crippen LogP contribution in [0.4, 0.5) is 5.69 Å². The number of nitrogens with zero attached hydrogens (tertiary/aromatic N) is 3. The molecule has 2 heterocycles. The lowest BCUT2D eigenvalue weighted by atomic mass is 10.1. The van der Waals surface area contributed by atoms with Crippen molar-refractivity contribution in [1.29, 1.82) is 0 Å². The second kappa shape index (κ2) is 7.23. The Kier molecular flexibility index (Phi) is 5.03. The summed E-state index contributed by atoms with van der Waals surface area (Å²) < 4.78 is 7.73. The molecular formula is C18H25N5O2. The number of nitrogens with one attached hydrogen (secondary N) is 2. The van der Waals surface area contributed by atoms with Crippen molar-refractivity contribution in [3.63, 3.8) is 0 Å². The van der Waals surface area contributed by atoms with Gasteiger partial charge >= 0.3 is 0 Å². The summed E-state index contributed by atoms with van der Waals surface area (Å²) in [6.45, 7) is 8.83. The fourth-order valence-electron chi connectivity index (χ4n) is 2.89. The molecule has 0 unspecified atom stereocenters. The molecule has 0 saturated heterocycles. The lowest BCUT2D eigenvalue weighted by Crippen LogP contribution is -2.36. The lowest BCUT2D eigenvalue weighted by Gasteiger charge is -2.26. The Hall–Kier alpha value is -2.41. The van der Waals surface area contributed by atoms with E-state index in [1.165, 1.54) is 0 Å². The molecule has 1 aliphatic rings. The predicted molar refractivity (Wildman–Crippen MR) is 95.4 cm³/mol. The van der Waals surface area contributed by atoms with Gasteiger partial charge in [-0.15, -0.1) is 0 Å². The number of amides is 1. The van der Waals surface area contributed by atoms with Crippen molar-refractivity contribution in [2.24, 2.45) is 0 Å². The Balaban J connectivity index is 1.70. The first-order valence-corrected chi connectivity index (χ1v) is 8.72. The Morgan fingerprint density at radius 2 is 2.16 bits per heavy atom. The third kappa shape index (κ3) is 3.66. The number of carbonyl (C=O) groups is 1. The molecule has 7 nitrogen and oxygen atoms in total. The van der Waals surface area contributed by atoms with Crippen molar-refractivity contribution in [3.8, 4) is 5.75 Å². The molecule has 134 valence electrons. The fourth-order valence-corrected chi connectivity index (χ4v) is 2.89. The largest absolute Gasteiger partial charge is 0.478 e. The van der Waals surface area contributed by atoms with Crippen LogP contribution in [0.15, 0.2) is 24.5 Å². The number of hydrogen-bond acceptors (Lipinski definition) is 5. The molecule has 2 aromatic rings. The molecule has 0 aliphatic carbocycles. The highest BCUT2D eigenvalue weighted by molar-refractivity contribution is 5.97. The third-order valence-corrected chi connectivity index (χ3v) is 4.40. The van der Waals surface area contributed by atoms with Crippen LogP contribution >= 0.6 is 0 Å². The van der Waals surface area contributed by atoms with E-state index in [9.17, 15) is 4.79 Å². The zero-order chi connectivity index (χ0) is 18.0. The topological polar surface area (TPSA) is 81.1 Å². The normalized spacial score (nSPS) is 17.8. The van der Waals surface area contributed by atoms with Gasteiger partial charge in [0.25, 0.3) is 5.91 Å². The van der Waals surface area contributed by atoms with Crippen LogP contribution in [0, 0.1) is 0 Å². The molecule has 2 atom stereocenters. The molecule has 0 radical (unpaired) electrons. The van der Waals surface area contributed by atoms with Crippen LogP contribution in [0.3, 0.4) is 0 Å². The summed E-state index contributed by atoms with van der Waals surface area (Å²) in [5.74, 6) is 1.55. The molecule has 0 fully saturated rings. The minimum absolute atomic E-state index is 0.0815. The van der Waals surface area contributed by atoms with Gasteiger partial charge in [-0.25, -0.2) is 9.67 Å². The van der Waals surface area contributed by atoms with Gasteiger partial charge in [-0.1, -0.05) is 13.0 Å². The smallest absolute Gasteiger partial charge is 0.265 e. The standard InChI is InChI=1S/C18H25N5O2/c1-5-15-18(24)22-14-7-6-13(8-16(14)25-15)12(4)19-9-17-20-10-21-23(17)11(2)3/h6-8,10-12,15,19H,5,9H2,1-4H3,(H,22,24)/t12-,15+/m0/s1. The van der Waals surface area contributed by atoms with Crippen molar-refractivity contribution in [3.05, 3.63) is 35.9 Å². The molecule has 1 aliphatic heterocycles. The van der Waals surface area contributed by atoms with Gasteiger partial charge in [0, 0.05) is 12.1 Å². The van der Waals surface area contributed by atoms with Crippen LogP contribution in [0.1, 0.15) is 57.6 Å². The van der Waals surface area contributed by atoms with Gasteiger partial charge in [0.15, 0.2) is 6.10 Å². The van der Waals surface area contributed by atoms with Crippen LogP contribution < -0.4 is 15.4 Å². The van der Waals surface area contributed by atoms with Crippen LogP contribution in [-0.4, -0.2) is 26.8 Å². The van der Waals surface area contributed by atoms with Crippen molar-refractivity contribution < 1.29 is 9.53 Å². The SMILES string of the molecule is CC[C@H]1Oc2cc([C@H](C)NCc3ncnn3C(C)C)ccc2NC1=O. The Morgan fingerprint density at radius 3 is 2.88 bits per heavy atom. The number of fused-ring (bicyclic) bond motifs is 1. The molecular weight excluding hydrogens is 318 g/mol. The number of ether oxygens (including phenoxy) is 1. The van der Waals surface area contributed by atoms with Crippen molar-refractivity contribution in [2.45, 2.75) is 58.8 Å². The van der Waals surface area contributed by atoms with E-state index in [0.717, 1.165) is 22.8 Å². The van der Waals surface area contributed by atoms with Gasteiger partial charge < -0.3 is 15.4 Å². The first kappa shape index (κ1) is 17.4. The summed E-state index contributed by atoms with van der Waals surface area (Å²) in [7, 11) is 0. The predicted octanol–water partition coefficient (Wildman–Crippen LogP) is 2.82. The van der Waals surface area contributed by atoms with Crippen molar-refractivity contribution >= 4 is 11.6 Å². The van der Waals surface area contributed by atoms with E-state index in [4.69, 9.17) is 4.74 Å². The minimum atomic E-state index is -0.421. The Morgan fingerprint density at radius 1 is 1.36 bits per heavy atom. The maximum Gasteiger partial charge on any atom is 0.265 e. The molecule has 7 heteroatoms. The van der Waals surface area contributed by atoms with E-state index in [2.05, 4.69) is 41.5 Å². The molecule has 1 amide bonds. The quantitative estimate of drug-likeness (QED) is 0.843. The van der Waals surface area contributed by atoms with Crippen LogP contribution in [0.25, 0.3) is 0 Å². The van der Waals surface area contributed by atoms with Crippen LogP contribution in [0.5, 0.6) is 5.75 Å². The van der Waals surface area contributed by atoms with E-state index in [1.54, 1.807) is 6.33 Å². The second-order valence-electron chi connectivity index (χ2n) is 6.58. The average Bonchev–Trinajstić information content (AvgIpc) is 3.07. The first-order valence-electron chi connectivity index (χ1n) is 8.72. The van der Waals surface area contributed by atoms with Gasteiger partial charge in [-0.3, -0.25) is 4.79 Å². The van der Waals surface area contributed by atoms with E-state index in [1.807, 2.05) is 29.8 Å². The highest BCUT2D eigenvalue weighted by Crippen LogP contribution is 2.33. The molecule has 1 aromatic heterocycles. The van der Waals surface area contributed by atoms with Gasteiger partial charge in [0.05, 0.1) is 12.2 Å². The highest BCUT2D eigenvalue weighted by atomic mass is 16.5. The van der Waals surface area contributed by atoms with Crippen molar-refractivity contribution in [2.75, 3.05) is 5.32 Å². The fraction of sp³-hybridized carbons (Fsp3) is 0.500. The van der Waals surface area contributed by atoms with Gasteiger partial charge in [0.1, 0.15) is 17.9 Å². The number of carbonyl (C=O) groups excluding carboxylic acids is 1. The van der Waals surface area contributed by atoms with Gasteiger partial charge in [-0.05, 0) is 44.9 Å². The summed E-state index contributed by atoms with van der Waals surface area (Å²) in [5, 5.41) is 10.6. The molecule has 25 heavy (non-hydrogen) atoms. The summed E-state index contributed by atoms with van der Waals surface area (Å²) in [6, 6.07) is 6.27.